The standard InChI is InChI=1S/C16H12BrF2N3O2/c17-15-14(24-9-10-1-2-11(18)7-13(10)19)4-6-22(16(15)23)8-12-3-5-20-21-12/h1-7H,8-9H2,(H,20,21). The molecule has 0 spiro atoms. The first-order chi connectivity index (χ1) is 11.5. The highest BCUT2D eigenvalue weighted by Crippen LogP contribution is 2.22. The Morgan fingerprint density at radius 2 is 2.08 bits per heavy atom. The second kappa shape index (κ2) is 6.96. The van der Waals surface area contributed by atoms with Crippen LogP contribution in [0.4, 0.5) is 8.78 Å². The number of nitrogens with zero attached hydrogens (tertiary/aromatic N) is 2. The van der Waals surface area contributed by atoms with E-state index in [-0.39, 0.29) is 28.0 Å². The van der Waals surface area contributed by atoms with Gasteiger partial charge in [-0.15, -0.1) is 0 Å². The van der Waals surface area contributed by atoms with Gasteiger partial charge in [0.25, 0.3) is 5.56 Å². The Hall–Kier alpha value is -2.48. The first kappa shape index (κ1) is 16.4. The van der Waals surface area contributed by atoms with Gasteiger partial charge in [0.2, 0.25) is 0 Å². The summed E-state index contributed by atoms with van der Waals surface area (Å²) in [5.74, 6) is -1.07. The van der Waals surface area contributed by atoms with E-state index < -0.39 is 11.6 Å². The van der Waals surface area contributed by atoms with Crippen molar-refractivity contribution in [1.29, 1.82) is 0 Å². The Kier molecular flexibility index (Phi) is 4.75. The van der Waals surface area contributed by atoms with E-state index in [9.17, 15) is 13.6 Å². The largest absolute Gasteiger partial charge is 0.487 e. The van der Waals surface area contributed by atoms with Gasteiger partial charge in [-0.3, -0.25) is 9.89 Å². The zero-order chi connectivity index (χ0) is 17.1. The molecule has 0 aliphatic carbocycles. The van der Waals surface area contributed by atoms with Crippen LogP contribution < -0.4 is 10.3 Å². The van der Waals surface area contributed by atoms with E-state index in [1.807, 2.05) is 0 Å². The van der Waals surface area contributed by atoms with Crippen LogP contribution in [0.1, 0.15) is 11.3 Å². The Bertz CT molecular complexity index is 910. The SMILES string of the molecule is O=c1c(Br)c(OCc2ccc(F)cc2F)ccn1Cc1ccn[nH]1. The van der Waals surface area contributed by atoms with Gasteiger partial charge in [-0.1, -0.05) is 0 Å². The summed E-state index contributed by atoms with van der Waals surface area (Å²) < 4.78 is 33.7. The number of aromatic nitrogens is 3. The number of hydrogen-bond donors (Lipinski definition) is 1. The van der Waals surface area contributed by atoms with Crippen LogP contribution in [0.2, 0.25) is 0 Å². The molecule has 5 nitrogen and oxygen atoms in total. The number of nitrogens with one attached hydrogen (secondary N) is 1. The van der Waals surface area contributed by atoms with Gasteiger partial charge in [-0.05, 0) is 40.2 Å². The summed E-state index contributed by atoms with van der Waals surface area (Å²) in [7, 11) is 0. The zero-order valence-corrected chi connectivity index (χ0v) is 13.9. The van der Waals surface area contributed by atoms with Crippen LogP contribution in [-0.2, 0) is 13.2 Å². The molecule has 8 heteroatoms. The van der Waals surface area contributed by atoms with E-state index in [0.717, 1.165) is 17.8 Å². The molecule has 0 saturated carbocycles. The minimum atomic E-state index is -0.696. The van der Waals surface area contributed by atoms with Crippen LogP contribution in [0.25, 0.3) is 0 Å². The van der Waals surface area contributed by atoms with Gasteiger partial charge in [0, 0.05) is 24.0 Å². The predicted octanol–water partition coefficient (Wildman–Crippen LogP) is 3.24. The number of aromatic amines is 1. The first-order valence-corrected chi connectivity index (χ1v) is 7.78. The number of benzene rings is 1. The molecule has 0 amide bonds. The minimum Gasteiger partial charge on any atom is -0.487 e. The van der Waals surface area contributed by atoms with Crippen molar-refractivity contribution in [2.75, 3.05) is 0 Å². The molecule has 0 unspecified atom stereocenters. The number of hydrogen-bond acceptors (Lipinski definition) is 3. The number of H-pyrrole nitrogens is 1. The number of ether oxygens (including phenoxy) is 1. The lowest BCUT2D eigenvalue weighted by atomic mass is 10.2. The van der Waals surface area contributed by atoms with E-state index in [1.54, 1.807) is 24.5 Å². The third-order valence-corrected chi connectivity index (χ3v) is 4.10. The highest BCUT2D eigenvalue weighted by molar-refractivity contribution is 9.10. The molecule has 2 heterocycles. The molecule has 0 atom stereocenters. The molecule has 3 rings (SSSR count). The monoisotopic (exact) mass is 395 g/mol. The van der Waals surface area contributed by atoms with Gasteiger partial charge >= 0.3 is 0 Å². The molecule has 0 radical (unpaired) electrons. The molecule has 124 valence electrons. The van der Waals surface area contributed by atoms with E-state index in [4.69, 9.17) is 4.74 Å². The molecular formula is C16H12BrF2N3O2. The smallest absolute Gasteiger partial charge is 0.269 e. The lowest BCUT2D eigenvalue weighted by molar-refractivity contribution is 0.296. The van der Waals surface area contributed by atoms with Crippen molar-refractivity contribution >= 4 is 15.9 Å². The third kappa shape index (κ3) is 3.53. The maximum atomic E-state index is 13.6. The molecule has 0 saturated heterocycles. The fourth-order valence-corrected chi connectivity index (χ4v) is 2.59. The number of halogens is 3. The summed E-state index contributed by atoms with van der Waals surface area (Å²) in [4.78, 5) is 12.3. The van der Waals surface area contributed by atoms with Crippen molar-refractivity contribution in [3.05, 3.63) is 80.4 Å². The fourth-order valence-electron chi connectivity index (χ4n) is 2.12. The topological polar surface area (TPSA) is 59.9 Å². The molecule has 1 aromatic carbocycles. The first-order valence-electron chi connectivity index (χ1n) is 6.98. The molecule has 0 bridgehead atoms. The average molecular weight is 396 g/mol. The molecule has 24 heavy (non-hydrogen) atoms. The summed E-state index contributed by atoms with van der Waals surface area (Å²) in [6, 6.07) is 6.61. The van der Waals surface area contributed by atoms with Gasteiger partial charge in [0.1, 0.15) is 28.5 Å². The van der Waals surface area contributed by atoms with Crippen molar-refractivity contribution < 1.29 is 13.5 Å². The summed E-state index contributed by atoms with van der Waals surface area (Å²) in [6.07, 6.45) is 3.18. The van der Waals surface area contributed by atoms with Gasteiger partial charge in [0.05, 0.1) is 12.2 Å². The summed E-state index contributed by atoms with van der Waals surface area (Å²) >= 11 is 3.20. The average Bonchev–Trinajstić information content (AvgIpc) is 3.06. The van der Waals surface area contributed by atoms with Crippen LogP contribution in [0.15, 0.2) is 52.0 Å². The van der Waals surface area contributed by atoms with Crippen LogP contribution in [0.3, 0.4) is 0 Å². The maximum absolute atomic E-state index is 13.6. The minimum absolute atomic E-state index is 0.116. The quantitative estimate of drug-likeness (QED) is 0.721. The Morgan fingerprint density at radius 3 is 2.79 bits per heavy atom. The van der Waals surface area contributed by atoms with Crippen molar-refractivity contribution in [2.45, 2.75) is 13.2 Å². The van der Waals surface area contributed by atoms with Gasteiger partial charge in [-0.25, -0.2) is 8.78 Å². The van der Waals surface area contributed by atoms with E-state index in [0.29, 0.717) is 6.54 Å². The third-order valence-electron chi connectivity index (χ3n) is 3.37. The Morgan fingerprint density at radius 1 is 1.25 bits per heavy atom. The molecule has 1 N–H and O–H groups in total. The zero-order valence-electron chi connectivity index (χ0n) is 12.3. The molecule has 0 aliphatic heterocycles. The lowest BCUT2D eigenvalue weighted by Gasteiger charge is -2.11. The van der Waals surface area contributed by atoms with E-state index in [1.165, 1.54) is 10.6 Å². The second-order valence-corrected chi connectivity index (χ2v) is 5.83. The van der Waals surface area contributed by atoms with Crippen molar-refractivity contribution in [1.82, 2.24) is 14.8 Å². The fraction of sp³-hybridized carbons (Fsp3) is 0.125. The Balaban J connectivity index is 1.77. The molecular weight excluding hydrogens is 384 g/mol. The molecule has 3 aromatic rings. The van der Waals surface area contributed by atoms with Crippen LogP contribution >= 0.6 is 15.9 Å². The van der Waals surface area contributed by atoms with Crippen molar-refractivity contribution in [3.8, 4) is 5.75 Å². The molecule has 0 fully saturated rings. The van der Waals surface area contributed by atoms with Crippen LogP contribution in [0, 0.1) is 11.6 Å². The highest BCUT2D eigenvalue weighted by Gasteiger charge is 2.11. The normalized spacial score (nSPS) is 10.8. The lowest BCUT2D eigenvalue weighted by Crippen LogP contribution is -2.21. The summed E-state index contributed by atoms with van der Waals surface area (Å²) in [6.45, 7) is 0.221. The van der Waals surface area contributed by atoms with Crippen LogP contribution in [-0.4, -0.2) is 14.8 Å². The van der Waals surface area contributed by atoms with Gasteiger partial charge < -0.3 is 9.30 Å². The second-order valence-electron chi connectivity index (χ2n) is 5.03. The Labute approximate surface area is 144 Å². The van der Waals surface area contributed by atoms with Crippen molar-refractivity contribution in [2.24, 2.45) is 0 Å². The van der Waals surface area contributed by atoms with E-state index >= 15 is 0 Å². The van der Waals surface area contributed by atoms with Crippen molar-refractivity contribution in [3.63, 3.8) is 0 Å². The predicted molar refractivity (Wildman–Crippen MR) is 86.8 cm³/mol. The number of rotatable bonds is 5. The van der Waals surface area contributed by atoms with Crippen LogP contribution in [0.5, 0.6) is 5.75 Å². The molecule has 0 aliphatic rings. The van der Waals surface area contributed by atoms with E-state index in [2.05, 4.69) is 26.1 Å². The summed E-state index contributed by atoms with van der Waals surface area (Å²) in [5, 5.41) is 6.60. The van der Waals surface area contributed by atoms with Gasteiger partial charge in [0.15, 0.2) is 0 Å². The summed E-state index contributed by atoms with van der Waals surface area (Å²) in [5.41, 5.74) is 0.692. The maximum Gasteiger partial charge on any atom is 0.269 e. The number of pyridine rings is 1. The molecule has 2 aromatic heterocycles. The van der Waals surface area contributed by atoms with Gasteiger partial charge in [-0.2, -0.15) is 5.10 Å². The highest BCUT2D eigenvalue weighted by atomic mass is 79.9.